The smallest absolute Gasteiger partial charge is 0.326 e. The second kappa shape index (κ2) is 16.4. The summed E-state index contributed by atoms with van der Waals surface area (Å²) in [5, 5.41) is 48.6. The molecule has 0 radical (unpaired) electrons. The van der Waals surface area contributed by atoms with Gasteiger partial charge in [0, 0.05) is 19.3 Å². The molecule has 4 atom stereocenters. The number of aromatic hydroxyl groups is 2. The molecular weight excluding hydrogens is 584 g/mol. The number of carboxylic acids is 2. The van der Waals surface area contributed by atoms with Gasteiger partial charge in [0.2, 0.25) is 17.7 Å². The Morgan fingerprint density at radius 2 is 0.933 bits per heavy atom. The second-order valence-electron chi connectivity index (χ2n) is 10.4. The fourth-order valence-electron chi connectivity index (χ4n) is 4.52. The molecular formula is C32H36N4O9. The van der Waals surface area contributed by atoms with Crippen LogP contribution < -0.4 is 21.3 Å². The molecule has 0 bridgehead atoms. The maximum Gasteiger partial charge on any atom is 0.326 e. The molecule has 238 valence electrons. The summed E-state index contributed by atoms with van der Waals surface area (Å²) in [5.74, 6) is -4.92. The van der Waals surface area contributed by atoms with Gasteiger partial charge in [-0.1, -0.05) is 54.6 Å². The van der Waals surface area contributed by atoms with Crippen LogP contribution in [0.4, 0.5) is 0 Å². The minimum atomic E-state index is -1.32. The molecule has 3 aromatic rings. The molecule has 13 nitrogen and oxygen atoms in total. The molecule has 0 spiro atoms. The first kappa shape index (κ1) is 34.1. The highest BCUT2D eigenvalue weighted by Gasteiger charge is 2.31. The van der Waals surface area contributed by atoms with Crippen molar-refractivity contribution in [2.45, 2.75) is 49.9 Å². The van der Waals surface area contributed by atoms with Crippen LogP contribution in [0.2, 0.25) is 0 Å². The largest absolute Gasteiger partial charge is 0.508 e. The molecule has 0 aromatic heterocycles. The van der Waals surface area contributed by atoms with E-state index in [9.17, 15) is 44.4 Å². The number of hydrogen-bond acceptors (Lipinski definition) is 8. The standard InChI is InChI=1S/C32H36N4O9/c1-33-24(18-28(39)40)29(41)34-25(15-20-7-11-22(37)12-8-20)30(42)35-26(16-21-9-13-23(38)14-10-21)31(43)36-27(32(44)45)17-19-5-3-2-4-6-19/h2-14,24-27,33,37-38H,15-18H2,1H3,(H,34,41)(H,35,42)(H,36,43)(H,39,40)(H,44,45). The minimum Gasteiger partial charge on any atom is -0.508 e. The average Bonchev–Trinajstić information content (AvgIpc) is 3.01. The van der Waals surface area contributed by atoms with Gasteiger partial charge in [-0.15, -0.1) is 0 Å². The average molecular weight is 621 g/mol. The van der Waals surface area contributed by atoms with Crippen LogP contribution >= 0.6 is 0 Å². The number of rotatable bonds is 16. The Kier molecular flexibility index (Phi) is 12.4. The van der Waals surface area contributed by atoms with E-state index in [1.807, 2.05) is 0 Å². The third-order valence-corrected chi connectivity index (χ3v) is 6.96. The molecule has 0 saturated carbocycles. The van der Waals surface area contributed by atoms with Gasteiger partial charge < -0.3 is 41.7 Å². The molecule has 0 aliphatic heterocycles. The molecule has 0 fully saturated rings. The number of aliphatic carboxylic acids is 2. The molecule has 3 rings (SSSR count). The third-order valence-electron chi connectivity index (χ3n) is 6.96. The van der Waals surface area contributed by atoms with Gasteiger partial charge in [0.1, 0.15) is 29.6 Å². The fourth-order valence-corrected chi connectivity index (χ4v) is 4.52. The van der Waals surface area contributed by atoms with Gasteiger partial charge in [0.25, 0.3) is 0 Å². The van der Waals surface area contributed by atoms with E-state index >= 15 is 0 Å². The zero-order valence-electron chi connectivity index (χ0n) is 24.5. The lowest BCUT2D eigenvalue weighted by Crippen LogP contribution is -2.58. The van der Waals surface area contributed by atoms with Crippen molar-refractivity contribution >= 4 is 29.7 Å². The maximum atomic E-state index is 13.7. The Labute approximate surface area is 259 Å². The normalized spacial score (nSPS) is 13.4. The minimum absolute atomic E-state index is 0.0176. The lowest BCUT2D eigenvalue weighted by atomic mass is 10.0. The Balaban J connectivity index is 1.88. The van der Waals surface area contributed by atoms with E-state index in [1.165, 1.54) is 43.4 Å². The van der Waals surface area contributed by atoms with Gasteiger partial charge >= 0.3 is 11.9 Å². The molecule has 4 unspecified atom stereocenters. The number of carbonyl (C=O) groups is 5. The summed E-state index contributed by atoms with van der Waals surface area (Å²) in [5.41, 5.74) is 1.75. The summed E-state index contributed by atoms with van der Waals surface area (Å²) >= 11 is 0. The highest BCUT2D eigenvalue weighted by Crippen LogP contribution is 2.14. The highest BCUT2D eigenvalue weighted by atomic mass is 16.4. The third kappa shape index (κ3) is 11.0. The van der Waals surface area contributed by atoms with Crippen molar-refractivity contribution in [1.82, 2.24) is 21.3 Å². The number of phenolic OH excluding ortho intramolecular Hbond substituents is 2. The van der Waals surface area contributed by atoms with E-state index in [0.29, 0.717) is 16.7 Å². The molecule has 3 amide bonds. The number of hydrogen-bond donors (Lipinski definition) is 8. The Morgan fingerprint density at radius 1 is 0.556 bits per heavy atom. The van der Waals surface area contributed by atoms with Crippen LogP contribution in [0.15, 0.2) is 78.9 Å². The first-order chi connectivity index (χ1) is 21.4. The van der Waals surface area contributed by atoms with Crippen molar-refractivity contribution < 1.29 is 44.4 Å². The summed E-state index contributed by atoms with van der Waals surface area (Å²) in [7, 11) is 1.40. The number of carbonyl (C=O) groups excluding carboxylic acids is 3. The summed E-state index contributed by atoms with van der Waals surface area (Å²) < 4.78 is 0. The monoisotopic (exact) mass is 620 g/mol. The van der Waals surface area contributed by atoms with Crippen LogP contribution in [0.5, 0.6) is 11.5 Å². The van der Waals surface area contributed by atoms with E-state index in [-0.39, 0.29) is 30.8 Å². The molecule has 0 aliphatic carbocycles. The van der Waals surface area contributed by atoms with E-state index in [1.54, 1.807) is 42.5 Å². The number of nitrogens with one attached hydrogen (secondary N) is 4. The first-order valence-corrected chi connectivity index (χ1v) is 14.1. The molecule has 8 N–H and O–H groups in total. The summed E-state index contributed by atoms with van der Waals surface area (Å²) in [6.07, 6.45) is -0.746. The van der Waals surface area contributed by atoms with Gasteiger partial charge in [-0.2, -0.15) is 0 Å². The van der Waals surface area contributed by atoms with E-state index in [2.05, 4.69) is 21.3 Å². The van der Waals surface area contributed by atoms with Crippen molar-refractivity contribution in [2.24, 2.45) is 0 Å². The van der Waals surface area contributed by atoms with Crippen LogP contribution in [0, 0.1) is 0 Å². The maximum absolute atomic E-state index is 13.7. The van der Waals surface area contributed by atoms with Crippen molar-refractivity contribution in [3.8, 4) is 11.5 Å². The lowest BCUT2D eigenvalue weighted by molar-refractivity contribution is -0.142. The zero-order chi connectivity index (χ0) is 32.9. The van der Waals surface area contributed by atoms with Crippen molar-refractivity contribution in [3.63, 3.8) is 0 Å². The lowest BCUT2D eigenvalue weighted by Gasteiger charge is -2.26. The van der Waals surface area contributed by atoms with Crippen molar-refractivity contribution in [3.05, 3.63) is 95.6 Å². The van der Waals surface area contributed by atoms with Crippen LogP contribution in [0.3, 0.4) is 0 Å². The Morgan fingerprint density at radius 3 is 1.33 bits per heavy atom. The van der Waals surface area contributed by atoms with Gasteiger partial charge in [-0.25, -0.2) is 4.79 Å². The van der Waals surface area contributed by atoms with Gasteiger partial charge in [0.15, 0.2) is 0 Å². The summed E-state index contributed by atoms with van der Waals surface area (Å²) in [6.45, 7) is 0. The number of likely N-dealkylation sites (N-methyl/N-ethyl adjacent to an activating group) is 1. The Bertz CT molecular complexity index is 1460. The topological polar surface area (TPSA) is 214 Å². The van der Waals surface area contributed by atoms with Crippen molar-refractivity contribution in [2.75, 3.05) is 7.05 Å². The summed E-state index contributed by atoms with van der Waals surface area (Å²) in [6, 6.07) is 15.4. The molecule has 3 aromatic carbocycles. The molecule has 0 heterocycles. The first-order valence-electron chi connectivity index (χ1n) is 14.1. The van der Waals surface area contributed by atoms with Gasteiger partial charge in [0.05, 0.1) is 12.5 Å². The SMILES string of the molecule is CNC(CC(=O)O)C(=O)NC(Cc1ccc(O)cc1)C(=O)NC(Cc1ccc(O)cc1)C(=O)NC(Cc1ccccc1)C(=O)O. The quantitative estimate of drug-likeness (QED) is 0.112. The number of phenols is 2. The molecule has 0 saturated heterocycles. The number of carboxylic acid groups (broad SMARTS) is 2. The van der Waals surface area contributed by atoms with Crippen LogP contribution in [-0.4, -0.2) is 81.3 Å². The second-order valence-corrected chi connectivity index (χ2v) is 10.4. The van der Waals surface area contributed by atoms with Crippen LogP contribution in [0.1, 0.15) is 23.1 Å². The van der Waals surface area contributed by atoms with Gasteiger partial charge in [-0.3, -0.25) is 19.2 Å². The fraction of sp³-hybridized carbons (Fsp3) is 0.281. The predicted octanol–water partition coefficient (Wildman–Crippen LogP) is 0.727. The van der Waals surface area contributed by atoms with Crippen molar-refractivity contribution in [1.29, 1.82) is 0 Å². The Hall–Kier alpha value is -5.43. The number of amides is 3. The van der Waals surface area contributed by atoms with Crippen LogP contribution in [-0.2, 0) is 43.2 Å². The van der Waals surface area contributed by atoms with E-state index in [4.69, 9.17) is 0 Å². The molecule has 45 heavy (non-hydrogen) atoms. The zero-order valence-corrected chi connectivity index (χ0v) is 24.5. The van der Waals surface area contributed by atoms with Crippen LogP contribution in [0.25, 0.3) is 0 Å². The molecule has 0 aliphatic rings. The van der Waals surface area contributed by atoms with E-state index < -0.39 is 60.2 Å². The predicted molar refractivity (Wildman–Crippen MR) is 162 cm³/mol. The molecule has 13 heteroatoms. The van der Waals surface area contributed by atoms with E-state index in [0.717, 1.165) is 0 Å². The highest BCUT2D eigenvalue weighted by molar-refractivity contribution is 5.95. The summed E-state index contributed by atoms with van der Waals surface area (Å²) in [4.78, 5) is 63.5. The number of benzene rings is 3. The van der Waals surface area contributed by atoms with Gasteiger partial charge in [-0.05, 0) is 48.0 Å².